The number of amides is 1. The van der Waals surface area contributed by atoms with E-state index in [2.05, 4.69) is 41.0 Å². The van der Waals surface area contributed by atoms with Crippen molar-refractivity contribution in [3.05, 3.63) is 57.2 Å². The molecule has 1 aromatic carbocycles. The van der Waals surface area contributed by atoms with E-state index in [1.54, 1.807) is 34.8 Å². The Balaban J connectivity index is 1.40. The van der Waals surface area contributed by atoms with Crippen LogP contribution in [0.3, 0.4) is 0 Å². The van der Waals surface area contributed by atoms with Crippen LogP contribution in [0.4, 0.5) is 0 Å². The molecule has 3 rings (SSSR count). The van der Waals surface area contributed by atoms with Crippen LogP contribution in [0.15, 0.2) is 46.7 Å². The van der Waals surface area contributed by atoms with Gasteiger partial charge in [-0.25, -0.2) is 18.1 Å². The van der Waals surface area contributed by atoms with E-state index in [9.17, 15) is 13.2 Å². The number of carbonyl (C=O) groups excluding carboxylic acids is 1. The third kappa shape index (κ3) is 6.70. The number of thiophene rings is 1. The highest BCUT2D eigenvalue weighted by Gasteiger charge is 2.14. The molecule has 2 aromatic heterocycles. The summed E-state index contributed by atoms with van der Waals surface area (Å²) in [7, 11) is -3.62. The number of nitrogens with zero attached hydrogens (tertiary/aromatic N) is 1. The van der Waals surface area contributed by atoms with Crippen molar-refractivity contribution in [2.45, 2.75) is 44.4 Å². The number of hydrogen-bond acceptors (Lipinski definition) is 6. The van der Waals surface area contributed by atoms with Crippen molar-refractivity contribution in [3.63, 3.8) is 0 Å². The van der Waals surface area contributed by atoms with Gasteiger partial charge in [0.2, 0.25) is 15.9 Å². The van der Waals surface area contributed by atoms with Crippen molar-refractivity contribution in [1.82, 2.24) is 15.0 Å². The molecule has 9 heteroatoms. The number of aryl methyl sites for hydroxylation is 1. The fourth-order valence-electron chi connectivity index (χ4n) is 2.95. The van der Waals surface area contributed by atoms with E-state index in [-0.39, 0.29) is 23.8 Å². The van der Waals surface area contributed by atoms with Crippen LogP contribution in [-0.2, 0) is 21.2 Å². The molecule has 0 aliphatic rings. The Morgan fingerprint density at radius 3 is 2.48 bits per heavy atom. The maximum Gasteiger partial charge on any atom is 0.240 e. The number of thiazole rings is 1. The summed E-state index contributed by atoms with van der Waals surface area (Å²) >= 11 is 3.30. The SMILES string of the molecule is Cc1nc(-c2ccc(CCNC(=O)CCNS(=O)(=O)c3ccc(C(C)C)cc3)s2)cs1. The first-order chi connectivity index (χ1) is 14.7. The Kier molecular flexibility index (Phi) is 7.99. The minimum Gasteiger partial charge on any atom is -0.356 e. The van der Waals surface area contributed by atoms with Crippen molar-refractivity contribution >= 4 is 38.6 Å². The average molecular weight is 478 g/mol. The van der Waals surface area contributed by atoms with E-state index in [0.29, 0.717) is 12.5 Å². The standard InChI is InChI=1S/C22H27N3O3S3/c1-15(2)17-4-7-19(8-5-17)31(27,28)24-13-11-22(26)23-12-10-18-6-9-21(30-18)20-14-29-16(3)25-20/h4-9,14-15,24H,10-13H2,1-3H3,(H,23,26). The van der Waals surface area contributed by atoms with Crippen molar-refractivity contribution in [3.8, 4) is 10.6 Å². The molecule has 2 heterocycles. The molecule has 31 heavy (non-hydrogen) atoms. The maximum absolute atomic E-state index is 12.4. The molecule has 0 radical (unpaired) electrons. The molecule has 0 atom stereocenters. The summed E-state index contributed by atoms with van der Waals surface area (Å²) in [6.07, 6.45) is 0.824. The lowest BCUT2D eigenvalue weighted by atomic mass is 10.0. The molecular weight excluding hydrogens is 450 g/mol. The van der Waals surface area contributed by atoms with Crippen molar-refractivity contribution in [2.24, 2.45) is 0 Å². The van der Waals surface area contributed by atoms with Crippen LogP contribution in [0.5, 0.6) is 0 Å². The largest absolute Gasteiger partial charge is 0.356 e. The molecule has 3 aromatic rings. The molecule has 0 aliphatic carbocycles. The van der Waals surface area contributed by atoms with E-state index in [1.165, 1.54) is 4.88 Å². The smallest absolute Gasteiger partial charge is 0.240 e. The summed E-state index contributed by atoms with van der Waals surface area (Å²) < 4.78 is 27.2. The van der Waals surface area contributed by atoms with E-state index >= 15 is 0 Å². The van der Waals surface area contributed by atoms with Gasteiger partial charge in [0.1, 0.15) is 0 Å². The summed E-state index contributed by atoms with van der Waals surface area (Å²) in [4.78, 5) is 19.1. The molecule has 0 fully saturated rings. The van der Waals surface area contributed by atoms with Crippen LogP contribution in [-0.4, -0.2) is 32.4 Å². The zero-order valence-electron chi connectivity index (χ0n) is 17.8. The number of benzene rings is 1. The van der Waals surface area contributed by atoms with Crippen LogP contribution in [0, 0.1) is 6.92 Å². The van der Waals surface area contributed by atoms with Gasteiger partial charge in [0.25, 0.3) is 0 Å². The number of rotatable bonds is 10. The lowest BCUT2D eigenvalue weighted by molar-refractivity contribution is -0.120. The average Bonchev–Trinajstić information content (AvgIpc) is 3.37. The summed E-state index contributed by atoms with van der Waals surface area (Å²) in [5.74, 6) is 0.162. The Bertz CT molecular complexity index is 1120. The van der Waals surface area contributed by atoms with Gasteiger partial charge in [0.15, 0.2) is 0 Å². The van der Waals surface area contributed by atoms with Gasteiger partial charge in [-0.15, -0.1) is 22.7 Å². The molecule has 0 saturated carbocycles. The molecule has 166 valence electrons. The highest BCUT2D eigenvalue weighted by atomic mass is 32.2. The predicted molar refractivity (Wildman–Crippen MR) is 127 cm³/mol. The third-order valence-electron chi connectivity index (χ3n) is 4.73. The second-order valence-electron chi connectivity index (χ2n) is 7.49. The van der Waals surface area contributed by atoms with Gasteiger partial charge in [-0.1, -0.05) is 26.0 Å². The minimum absolute atomic E-state index is 0.0619. The molecular formula is C22H27N3O3S3. The first-order valence-electron chi connectivity index (χ1n) is 10.1. The monoisotopic (exact) mass is 477 g/mol. The minimum atomic E-state index is -3.62. The Labute approximate surface area is 191 Å². The van der Waals surface area contributed by atoms with Crippen LogP contribution < -0.4 is 10.0 Å². The zero-order valence-corrected chi connectivity index (χ0v) is 20.3. The van der Waals surface area contributed by atoms with E-state index in [4.69, 9.17) is 0 Å². The van der Waals surface area contributed by atoms with Gasteiger partial charge < -0.3 is 5.32 Å². The van der Waals surface area contributed by atoms with Crippen molar-refractivity contribution < 1.29 is 13.2 Å². The van der Waals surface area contributed by atoms with Crippen LogP contribution in [0.25, 0.3) is 10.6 Å². The molecule has 0 aliphatic heterocycles. The maximum atomic E-state index is 12.4. The first-order valence-corrected chi connectivity index (χ1v) is 13.3. The summed E-state index contributed by atoms with van der Waals surface area (Å²) in [5, 5.41) is 5.94. The van der Waals surface area contributed by atoms with Crippen LogP contribution in [0.2, 0.25) is 0 Å². The van der Waals surface area contributed by atoms with Gasteiger partial charge in [0.05, 0.1) is 20.5 Å². The molecule has 6 nitrogen and oxygen atoms in total. The molecule has 0 unspecified atom stereocenters. The van der Waals surface area contributed by atoms with E-state index in [1.807, 2.05) is 24.4 Å². The van der Waals surface area contributed by atoms with Crippen molar-refractivity contribution in [1.29, 1.82) is 0 Å². The fourth-order valence-corrected chi connectivity index (χ4v) is 5.64. The highest BCUT2D eigenvalue weighted by Crippen LogP contribution is 2.29. The summed E-state index contributed by atoms with van der Waals surface area (Å²) in [6, 6.07) is 10.9. The third-order valence-corrected chi connectivity index (χ3v) is 8.15. The Hall–Kier alpha value is -2.07. The second-order valence-corrected chi connectivity index (χ2v) is 11.5. The second kappa shape index (κ2) is 10.5. The number of sulfonamides is 1. The fraction of sp³-hybridized carbons (Fsp3) is 0.364. The number of carbonyl (C=O) groups is 1. The molecule has 2 N–H and O–H groups in total. The van der Waals surface area contributed by atoms with Gasteiger partial charge in [-0.3, -0.25) is 4.79 Å². The first kappa shape index (κ1) is 23.6. The number of hydrogen-bond donors (Lipinski definition) is 2. The molecule has 0 saturated heterocycles. The quantitative estimate of drug-likeness (QED) is 0.455. The van der Waals surface area contributed by atoms with Gasteiger partial charge >= 0.3 is 0 Å². The number of aromatic nitrogens is 1. The van der Waals surface area contributed by atoms with Crippen LogP contribution in [0.1, 0.15) is 41.6 Å². The van der Waals surface area contributed by atoms with E-state index in [0.717, 1.165) is 27.6 Å². The van der Waals surface area contributed by atoms with Gasteiger partial charge in [0, 0.05) is 29.8 Å². The number of nitrogens with one attached hydrogen (secondary N) is 2. The predicted octanol–water partition coefficient (Wildman–Crippen LogP) is 4.33. The highest BCUT2D eigenvalue weighted by molar-refractivity contribution is 7.89. The van der Waals surface area contributed by atoms with Crippen molar-refractivity contribution in [2.75, 3.05) is 13.1 Å². The van der Waals surface area contributed by atoms with E-state index < -0.39 is 10.0 Å². The Morgan fingerprint density at radius 2 is 1.84 bits per heavy atom. The Morgan fingerprint density at radius 1 is 1.10 bits per heavy atom. The summed E-state index contributed by atoms with van der Waals surface area (Å²) in [6.45, 7) is 6.67. The molecule has 0 spiro atoms. The van der Waals surface area contributed by atoms with Gasteiger partial charge in [-0.2, -0.15) is 0 Å². The lowest BCUT2D eigenvalue weighted by Crippen LogP contribution is -2.31. The molecule has 0 bridgehead atoms. The topological polar surface area (TPSA) is 88.2 Å². The normalized spacial score (nSPS) is 11.7. The summed E-state index contributed by atoms with van der Waals surface area (Å²) in [5.41, 5.74) is 2.08. The molecule has 1 amide bonds. The van der Waals surface area contributed by atoms with Crippen LogP contribution >= 0.6 is 22.7 Å². The van der Waals surface area contributed by atoms with Gasteiger partial charge in [-0.05, 0) is 49.1 Å². The lowest BCUT2D eigenvalue weighted by Gasteiger charge is -2.09. The zero-order chi connectivity index (χ0) is 22.4.